The van der Waals surface area contributed by atoms with Gasteiger partial charge in [0, 0.05) is 19.0 Å². The van der Waals surface area contributed by atoms with E-state index in [-0.39, 0.29) is 18.2 Å². The number of hydrogen-bond acceptors (Lipinski definition) is 4. The van der Waals surface area contributed by atoms with Gasteiger partial charge in [0.05, 0.1) is 30.2 Å². The molecule has 1 N–H and O–H groups in total. The first-order valence-corrected chi connectivity index (χ1v) is 9.07. The van der Waals surface area contributed by atoms with Crippen molar-refractivity contribution in [2.75, 3.05) is 18.4 Å². The molecular weight excluding hydrogens is 342 g/mol. The summed E-state index contributed by atoms with van der Waals surface area (Å²) in [4.78, 5) is 19.0. The molecule has 2 aromatic heterocycles. The third kappa shape index (κ3) is 3.50. The van der Waals surface area contributed by atoms with E-state index >= 15 is 0 Å². The van der Waals surface area contributed by atoms with Gasteiger partial charge in [-0.15, -0.1) is 0 Å². The molecule has 7 heteroatoms. The van der Waals surface area contributed by atoms with Crippen LogP contribution in [0.15, 0.2) is 42.6 Å². The lowest BCUT2D eigenvalue weighted by Gasteiger charge is -2.37. The standard InChI is InChI=1S/C20H23N5O2/c1-13-11-25(12-18(27-13)15-7-5-4-6-8-15)20(26)22-16-9-17-14(2)23-24(3)19(17)21-10-16/h4-10,13,18H,11-12H2,1-3H3,(H,22,26). The predicted molar refractivity (Wildman–Crippen MR) is 104 cm³/mol. The molecular formula is C20H23N5O2. The Morgan fingerprint density at radius 1 is 1.26 bits per heavy atom. The maximum absolute atomic E-state index is 12.8. The number of urea groups is 1. The molecule has 1 aliphatic heterocycles. The minimum absolute atomic E-state index is 0.0316. The number of rotatable bonds is 2. The Kier molecular flexibility index (Phi) is 4.53. The van der Waals surface area contributed by atoms with Crippen LogP contribution in [0.5, 0.6) is 0 Å². The Morgan fingerprint density at radius 3 is 2.81 bits per heavy atom. The number of aromatic nitrogens is 3. The molecule has 0 saturated carbocycles. The van der Waals surface area contributed by atoms with Gasteiger partial charge in [0.25, 0.3) is 0 Å². The van der Waals surface area contributed by atoms with Gasteiger partial charge in [0.1, 0.15) is 6.10 Å². The van der Waals surface area contributed by atoms with E-state index in [1.807, 2.05) is 57.3 Å². The smallest absolute Gasteiger partial charge is 0.322 e. The molecule has 2 unspecified atom stereocenters. The summed E-state index contributed by atoms with van der Waals surface area (Å²) < 4.78 is 7.77. The topological polar surface area (TPSA) is 72.3 Å². The van der Waals surface area contributed by atoms with E-state index in [0.29, 0.717) is 18.8 Å². The van der Waals surface area contributed by atoms with Crippen LogP contribution in [-0.4, -0.2) is 44.9 Å². The van der Waals surface area contributed by atoms with Gasteiger partial charge in [0.2, 0.25) is 0 Å². The summed E-state index contributed by atoms with van der Waals surface area (Å²) in [6, 6.07) is 11.8. The molecule has 2 atom stereocenters. The summed E-state index contributed by atoms with van der Waals surface area (Å²) in [5.41, 5.74) is 3.43. The SMILES string of the molecule is Cc1nn(C)c2ncc(NC(=O)N3CC(C)OC(c4ccccc4)C3)cc12. The molecule has 0 bridgehead atoms. The first-order valence-electron chi connectivity index (χ1n) is 9.07. The zero-order valence-corrected chi connectivity index (χ0v) is 15.7. The quantitative estimate of drug-likeness (QED) is 0.756. The monoisotopic (exact) mass is 365 g/mol. The van der Waals surface area contributed by atoms with E-state index in [1.165, 1.54) is 0 Å². The Bertz CT molecular complexity index is 969. The van der Waals surface area contributed by atoms with Crippen LogP contribution in [0.1, 0.15) is 24.3 Å². The van der Waals surface area contributed by atoms with Gasteiger partial charge >= 0.3 is 6.03 Å². The second-order valence-corrected chi connectivity index (χ2v) is 6.99. The number of nitrogens with zero attached hydrogens (tertiary/aromatic N) is 4. The van der Waals surface area contributed by atoms with Crippen molar-refractivity contribution >= 4 is 22.8 Å². The third-order valence-electron chi connectivity index (χ3n) is 4.83. The lowest BCUT2D eigenvalue weighted by molar-refractivity contribution is -0.0642. The van der Waals surface area contributed by atoms with Crippen LogP contribution in [0.25, 0.3) is 11.0 Å². The number of amides is 2. The van der Waals surface area contributed by atoms with E-state index in [1.54, 1.807) is 15.8 Å². The first kappa shape index (κ1) is 17.5. The number of benzene rings is 1. The van der Waals surface area contributed by atoms with Crippen molar-refractivity contribution in [3.8, 4) is 0 Å². The van der Waals surface area contributed by atoms with Gasteiger partial charge in [-0.1, -0.05) is 30.3 Å². The van der Waals surface area contributed by atoms with Gasteiger partial charge in [-0.3, -0.25) is 4.68 Å². The second-order valence-electron chi connectivity index (χ2n) is 6.99. The highest BCUT2D eigenvalue weighted by Gasteiger charge is 2.29. The summed E-state index contributed by atoms with van der Waals surface area (Å²) in [6.07, 6.45) is 1.51. The lowest BCUT2D eigenvalue weighted by atomic mass is 10.1. The number of aryl methyl sites for hydroxylation is 2. The number of ether oxygens (including phenoxy) is 1. The number of nitrogens with one attached hydrogen (secondary N) is 1. The maximum Gasteiger partial charge on any atom is 0.322 e. The van der Waals surface area contributed by atoms with Crippen molar-refractivity contribution < 1.29 is 9.53 Å². The van der Waals surface area contributed by atoms with E-state index in [2.05, 4.69) is 15.4 Å². The number of carbonyl (C=O) groups excluding carboxylic acids is 1. The summed E-state index contributed by atoms with van der Waals surface area (Å²) in [7, 11) is 1.86. The molecule has 0 radical (unpaired) electrons. The van der Waals surface area contributed by atoms with Crippen molar-refractivity contribution in [1.82, 2.24) is 19.7 Å². The third-order valence-corrected chi connectivity index (χ3v) is 4.83. The highest BCUT2D eigenvalue weighted by atomic mass is 16.5. The minimum atomic E-state index is -0.145. The minimum Gasteiger partial charge on any atom is -0.367 e. The van der Waals surface area contributed by atoms with Gasteiger partial charge in [-0.25, -0.2) is 9.78 Å². The van der Waals surface area contributed by atoms with E-state index in [0.717, 1.165) is 22.3 Å². The zero-order chi connectivity index (χ0) is 19.0. The molecule has 1 aromatic carbocycles. The molecule has 0 aliphatic carbocycles. The lowest BCUT2D eigenvalue weighted by Crippen LogP contribution is -2.47. The van der Waals surface area contributed by atoms with Crippen LogP contribution in [-0.2, 0) is 11.8 Å². The average molecular weight is 365 g/mol. The van der Waals surface area contributed by atoms with E-state index in [9.17, 15) is 4.79 Å². The normalized spacial score (nSPS) is 20.0. The molecule has 4 rings (SSSR count). The zero-order valence-electron chi connectivity index (χ0n) is 15.7. The fourth-order valence-corrected chi connectivity index (χ4v) is 3.55. The first-order chi connectivity index (χ1) is 13.0. The molecule has 1 saturated heterocycles. The van der Waals surface area contributed by atoms with E-state index < -0.39 is 0 Å². The Hall–Kier alpha value is -2.93. The highest BCUT2D eigenvalue weighted by molar-refractivity contribution is 5.92. The van der Waals surface area contributed by atoms with E-state index in [4.69, 9.17) is 4.74 Å². The number of anilines is 1. The second kappa shape index (κ2) is 7.00. The number of morpholine rings is 1. The largest absolute Gasteiger partial charge is 0.367 e. The van der Waals surface area contributed by atoms with Gasteiger partial charge < -0.3 is 15.0 Å². The fourth-order valence-electron chi connectivity index (χ4n) is 3.55. The van der Waals surface area contributed by atoms with Crippen LogP contribution >= 0.6 is 0 Å². The van der Waals surface area contributed by atoms with Crippen molar-refractivity contribution in [2.45, 2.75) is 26.1 Å². The highest BCUT2D eigenvalue weighted by Crippen LogP contribution is 2.26. The van der Waals surface area contributed by atoms with Crippen molar-refractivity contribution in [1.29, 1.82) is 0 Å². The van der Waals surface area contributed by atoms with Crippen molar-refractivity contribution in [2.24, 2.45) is 7.05 Å². The number of carbonyl (C=O) groups is 1. The fraction of sp³-hybridized carbons (Fsp3) is 0.350. The van der Waals surface area contributed by atoms with Crippen molar-refractivity contribution in [3.05, 3.63) is 53.9 Å². The molecule has 0 spiro atoms. The van der Waals surface area contributed by atoms with Crippen LogP contribution in [0.4, 0.5) is 10.5 Å². The Balaban J connectivity index is 1.51. The van der Waals surface area contributed by atoms with Gasteiger partial charge in [0.15, 0.2) is 5.65 Å². The Morgan fingerprint density at radius 2 is 2.04 bits per heavy atom. The Labute approximate surface area is 157 Å². The molecule has 3 heterocycles. The summed E-state index contributed by atoms with van der Waals surface area (Å²) in [5.74, 6) is 0. The van der Waals surface area contributed by atoms with Crippen LogP contribution in [0.3, 0.4) is 0 Å². The molecule has 2 amide bonds. The van der Waals surface area contributed by atoms with Crippen molar-refractivity contribution in [3.63, 3.8) is 0 Å². The van der Waals surface area contributed by atoms with Crippen LogP contribution in [0, 0.1) is 6.92 Å². The number of fused-ring (bicyclic) bond motifs is 1. The van der Waals surface area contributed by atoms with Gasteiger partial charge in [-0.05, 0) is 25.5 Å². The summed E-state index contributed by atoms with van der Waals surface area (Å²) >= 11 is 0. The molecule has 1 aliphatic rings. The predicted octanol–water partition coefficient (Wildman–Crippen LogP) is 3.27. The summed E-state index contributed by atoms with van der Waals surface area (Å²) in [5, 5.41) is 8.27. The molecule has 27 heavy (non-hydrogen) atoms. The average Bonchev–Trinajstić information content (AvgIpc) is 2.95. The molecule has 1 fully saturated rings. The molecule has 3 aromatic rings. The molecule has 7 nitrogen and oxygen atoms in total. The van der Waals surface area contributed by atoms with Crippen LogP contribution in [0.2, 0.25) is 0 Å². The molecule has 140 valence electrons. The summed E-state index contributed by atoms with van der Waals surface area (Å²) in [6.45, 7) is 4.99. The van der Waals surface area contributed by atoms with Gasteiger partial charge in [-0.2, -0.15) is 5.10 Å². The number of hydrogen-bond donors (Lipinski definition) is 1. The number of pyridine rings is 1. The maximum atomic E-state index is 12.8. The van der Waals surface area contributed by atoms with Crippen LogP contribution < -0.4 is 5.32 Å².